The van der Waals surface area contributed by atoms with E-state index in [4.69, 9.17) is 32.2 Å². The van der Waals surface area contributed by atoms with Gasteiger partial charge in [-0.1, -0.05) is 97.9 Å². The summed E-state index contributed by atoms with van der Waals surface area (Å²) in [6.07, 6.45) is 5.44. The van der Waals surface area contributed by atoms with E-state index in [-0.39, 0.29) is 46.2 Å². The third-order valence-corrected chi connectivity index (χ3v) is 14.0. The number of fused-ring (bicyclic) bond motifs is 9. The van der Waals surface area contributed by atoms with E-state index in [1.807, 2.05) is 156 Å². The summed E-state index contributed by atoms with van der Waals surface area (Å²) >= 11 is 1.99. The molecule has 0 fully saturated rings. The topological polar surface area (TPSA) is 241 Å². The zero-order valence-corrected chi connectivity index (χ0v) is 48.2. The molecule has 0 aliphatic rings. The summed E-state index contributed by atoms with van der Waals surface area (Å²) in [6.45, 7) is 2.75. The van der Waals surface area contributed by atoms with Gasteiger partial charge in [0.1, 0.15) is 22.5 Å². The maximum absolute atomic E-state index is 12.4. The SMILES string of the molecule is CCCOc1ccc(/C=N/NC(=O)c2cc3c(ccc4ccccc43)o2)cc1.COc1cc(/C=N/NC(=O)c2cc3c(ccc4ccccc43)o2)cc(I)c1O.COc1cc(/C=N/NC(=O)c2cc3c(ccc4ccccc43)o2)cc(OC)c1O. The van der Waals surface area contributed by atoms with E-state index in [0.717, 1.165) is 66.2 Å². The quantitative estimate of drug-likeness (QED) is 0.0366. The Morgan fingerprint density at radius 3 is 1.21 bits per heavy atom. The molecule has 0 spiro atoms. The van der Waals surface area contributed by atoms with Crippen molar-refractivity contribution in [2.45, 2.75) is 13.3 Å². The summed E-state index contributed by atoms with van der Waals surface area (Å²) in [5.74, 6) is 0.853. The lowest BCUT2D eigenvalue weighted by Crippen LogP contribution is -2.16. The van der Waals surface area contributed by atoms with Gasteiger partial charge in [-0.15, -0.1) is 0 Å². The normalized spacial score (nSPS) is 11.3. The van der Waals surface area contributed by atoms with Gasteiger partial charge in [-0.2, -0.15) is 15.3 Å². The van der Waals surface area contributed by atoms with Crippen molar-refractivity contribution in [1.82, 2.24) is 16.3 Å². The van der Waals surface area contributed by atoms with Crippen LogP contribution < -0.4 is 35.2 Å². The number of aromatic hydroxyl groups is 2. The van der Waals surface area contributed by atoms with Gasteiger partial charge in [0, 0.05) is 21.7 Å². The highest BCUT2D eigenvalue weighted by Gasteiger charge is 2.17. The molecule has 0 aliphatic carbocycles. The molecule has 3 heterocycles. The monoisotopic (exact) mass is 1250 g/mol. The molecule has 0 atom stereocenters. The number of furan rings is 3. The van der Waals surface area contributed by atoms with E-state index in [2.05, 4.69) is 38.5 Å². The number of phenolic OH excluding ortho intramolecular Hbond substituents is 2. The van der Waals surface area contributed by atoms with Gasteiger partial charge in [-0.05, 0) is 157 Å². The number of hydrogen-bond donors (Lipinski definition) is 5. The molecule has 0 radical (unpaired) electrons. The molecule has 18 nitrogen and oxygen atoms in total. The first-order chi connectivity index (χ1) is 41.4. The number of hydrazone groups is 3. The van der Waals surface area contributed by atoms with Crippen LogP contribution in [0.5, 0.6) is 34.5 Å². The molecule has 0 bridgehead atoms. The Bertz CT molecular complexity index is 4500. The summed E-state index contributed by atoms with van der Waals surface area (Å²) in [6, 6.07) is 54.5. The van der Waals surface area contributed by atoms with Gasteiger partial charge < -0.3 is 42.4 Å². The molecule has 0 saturated carbocycles. The van der Waals surface area contributed by atoms with Crippen LogP contribution in [0.15, 0.2) is 204 Å². The van der Waals surface area contributed by atoms with Crippen molar-refractivity contribution in [2.24, 2.45) is 15.3 Å². The van der Waals surface area contributed by atoms with Gasteiger partial charge in [0.2, 0.25) is 5.75 Å². The standard InChI is InChI=1S/C23H20N2O3.C22H18N2O5.C21H15IN2O4/c1-2-13-27-18-10-7-16(8-11-18)15-24-25-23(26)22-14-20-19-6-4-3-5-17(19)9-12-21(20)28-22;1-27-18-9-13(10-19(28-2)21(18)25)12-23-24-22(26)20-11-16-15-6-4-3-5-14(15)7-8-17(16)29-20;1-27-18-9-12(8-16(22)20(18)25)11-23-24-21(26)19-10-15-14-5-3-2-4-13(14)6-7-17(15)28-19/h3-12,14-15H,2,13H2,1H3,(H,25,26);3-12,25H,1-2H3,(H,24,26);2-11,25H,1H3,(H,24,26)/b24-15+;23-12+;23-11+. The maximum atomic E-state index is 12.4. The van der Waals surface area contributed by atoms with Gasteiger partial charge in [-0.25, -0.2) is 16.3 Å². The van der Waals surface area contributed by atoms with Crippen molar-refractivity contribution in [1.29, 1.82) is 0 Å². The van der Waals surface area contributed by atoms with Crippen LogP contribution in [0.2, 0.25) is 0 Å². The molecule has 9 aromatic carbocycles. The molecular weight excluding hydrogens is 1200 g/mol. The minimum absolute atomic E-state index is 0.0683. The Hall–Kier alpha value is -10.7. The van der Waals surface area contributed by atoms with Crippen LogP contribution in [0.25, 0.3) is 65.2 Å². The second-order valence-electron chi connectivity index (χ2n) is 18.8. The number of phenols is 2. The summed E-state index contributed by atoms with van der Waals surface area (Å²) in [5, 5.41) is 40.8. The Labute approximate surface area is 499 Å². The molecule has 0 saturated heterocycles. The van der Waals surface area contributed by atoms with Gasteiger partial charge >= 0.3 is 17.7 Å². The molecule has 426 valence electrons. The first-order valence-electron chi connectivity index (χ1n) is 26.4. The maximum Gasteiger partial charge on any atom is 0.307 e. The van der Waals surface area contributed by atoms with E-state index < -0.39 is 11.8 Å². The van der Waals surface area contributed by atoms with Crippen LogP contribution >= 0.6 is 22.6 Å². The van der Waals surface area contributed by atoms with Crippen LogP contribution in [0.1, 0.15) is 61.7 Å². The number of benzene rings is 9. The summed E-state index contributed by atoms with van der Waals surface area (Å²) < 4.78 is 38.5. The van der Waals surface area contributed by atoms with Gasteiger partial charge in [-0.3, -0.25) is 14.4 Å². The molecule has 85 heavy (non-hydrogen) atoms. The van der Waals surface area contributed by atoms with Crippen molar-refractivity contribution in [3.8, 4) is 34.5 Å². The van der Waals surface area contributed by atoms with Gasteiger partial charge in [0.25, 0.3) is 0 Å². The molecule has 3 amide bonds. The highest BCUT2D eigenvalue weighted by Crippen LogP contribution is 2.37. The Morgan fingerprint density at radius 1 is 0.459 bits per heavy atom. The molecule has 3 aromatic heterocycles. The molecule has 0 unspecified atom stereocenters. The summed E-state index contributed by atoms with van der Waals surface area (Å²) in [5.41, 5.74) is 11.5. The number of nitrogens with one attached hydrogen (secondary N) is 3. The van der Waals surface area contributed by atoms with Crippen LogP contribution in [0.3, 0.4) is 0 Å². The van der Waals surface area contributed by atoms with Crippen molar-refractivity contribution < 1.29 is 56.8 Å². The van der Waals surface area contributed by atoms with Crippen molar-refractivity contribution in [3.05, 3.63) is 213 Å². The number of carbonyl (C=O) groups excluding carboxylic acids is 3. The van der Waals surface area contributed by atoms with Crippen molar-refractivity contribution >= 4 is 124 Å². The lowest BCUT2D eigenvalue weighted by atomic mass is 10.1. The predicted octanol–water partition coefficient (Wildman–Crippen LogP) is 13.9. The zero-order chi connectivity index (χ0) is 59.4. The van der Waals surface area contributed by atoms with Gasteiger partial charge in [0.05, 0.1) is 50.2 Å². The Kier molecular flexibility index (Phi) is 17.9. The smallest absolute Gasteiger partial charge is 0.307 e. The summed E-state index contributed by atoms with van der Waals surface area (Å²) in [4.78, 5) is 37.2. The Morgan fingerprint density at radius 2 is 0.824 bits per heavy atom. The fourth-order valence-electron chi connectivity index (χ4n) is 9.06. The zero-order valence-electron chi connectivity index (χ0n) is 46.1. The molecule has 12 aromatic rings. The average molecular weight is 1250 g/mol. The van der Waals surface area contributed by atoms with E-state index >= 15 is 0 Å². The van der Waals surface area contributed by atoms with Gasteiger partial charge in [0.15, 0.2) is 40.3 Å². The number of amides is 3. The molecular formula is C66H53IN6O12. The predicted molar refractivity (Wildman–Crippen MR) is 337 cm³/mol. The second-order valence-corrected chi connectivity index (χ2v) is 19.9. The molecule has 12 rings (SSSR count). The second kappa shape index (κ2) is 26.5. The average Bonchev–Trinajstić information content (AvgIpc) is 4.18. The number of carbonyl (C=O) groups is 3. The minimum atomic E-state index is -0.473. The third-order valence-electron chi connectivity index (χ3n) is 13.2. The largest absolute Gasteiger partial charge is 0.504 e. The van der Waals surface area contributed by atoms with Crippen molar-refractivity contribution in [3.63, 3.8) is 0 Å². The number of rotatable bonds is 15. The number of hydrogen-bond acceptors (Lipinski definition) is 15. The highest BCUT2D eigenvalue weighted by molar-refractivity contribution is 14.1. The number of halogens is 1. The van der Waals surface area contributed by atoms with E-state index in [0.29, 0.717) is 43.8 Å². The first kappa shape index (κ1) is 57.6. The van der Waals surface area contributed by atoms with Crippen LogP contribution in [0, 0.1) is 3.57 Å². The lowest BCUT2D eigenvalue weighted by Gasteiger charge is -2.09. The number of methoxy groups -OCH3 is 3. The summed E-state index contributed by atoms with van der Waals surface area (Å²) in [7, 11) is 4.34. The third kappa shape index (κ3) is 13.3. The lowest BCUT2D eigenvalue weighted by molar-refractivity contribution is 0.0922. The molecule has 5 N–H and O–H groups in total. The fraction of sp³-hybridized carbons (Fsp3) is 0.0909. The van der Waals surface area contributed by atoms with E-state index in [1.165, 1.54) is 33.8 Å². The Balaban J connectivity index is 0.000000142. The van der Waals surface area contributed by atoms with E-state index in [9.17, 15) is 24.6 Å². The van der Waals surface area contributed by atoms with Crippen LogP contribution in [0.4, 0.5) is 0 Å². The fourth-order valence-corrected chi connectivity index (χ4v) is 9.68. The van der Waals surface area contributed by atoms with Crippen LogP contribution in [-0.4, -0.2) is 74.5 Å². The highest BCUT2D eigenvalue weighted by atomic mass is 127. The number of ether oxygens (including phenoxy) is 4. The minimum Gasteiger partial charge on any atom is -0.504 e. The number of nitrogens with zero attached hydrogens (tertiary/aromatic N) is 3. The first-order valence-corrected chi connectivity index (χ1v) is 27.5. The molecule has 19 heteroatoms. The van der Waals surface area contributed by atoms with Crippen LogP contribution in [-0.2, 0) is 0 Å². The van der Waals surface area contributed by atoms with Crippen molar-refractivity contribution in [2.75, 3.05) is 27.9 Å². The molecule has 0 aliphatic heterocycles. The van der Waals surface area contributed by atoms with E-state index in [1.54, 1.807) is 48.7 Å².